The van der Waals surface area contributed by atoms with Crippen LogP contribution in [-0.2, 0) is 20.9 Å². The van der Waals surface area contributed by atoms with Crippen molar-refractivity contribution in [3.8, 4) is 0 Å². The molecule has 2 aliphatic rings. The topological polar surface area (TPSA) is 77.9 Å². The van der Waals surface area contributed by atoms with Crippen LogP contribution >= 0.6 is 0 Å². The molecule has 0 bridgehead atoms. The van der Waals surface area contributed by atoms with Crippen molar-refractivity contribution in [3.63, 3.8) is 0 Å². The summed E-state index contributed by atoms with van der Waals surface area (Å²) in [7, 11) is 0. The predicted molar refractivity (Wildman–Crippen MR) is 87.3 cm³/mol. The van der Waals surface area contributed by atoms with Crippen molar-refractivity contribution in [1.29, 1.82) is 0 Å². The SMILES string of the molecule is O=C(O)C1CN(C(=O)CN2CCCCCC2=O)Cc2ccccc21. The summed E-state index contributed by atoms with van der Waals surface area (Å²) in [6.07, 6.45) is 3.30. The first-order chi connectivity index (χ1) is 11.6. The molecule has 0 spiro atoms. The number of nitrogens with zero attached hydrogens (tertiary/aromatic N) is 2. The normalized spacial score (nSPS) is 21.2. The van der Waals surface area contributed by atoms with Gasteiger partial charge in [-0.1, -0.05) is 30.7 Å². The molecule has 1 unspecified atom stereocenters. The smallest absolute Gasteiger partial charge is 0.312 e. The van der Waals surface area contributed by atoms with Gasteiger partial charge in [-0.05, 0) is 24.0 Å². The van der Waals surface area contributed by atoms with Gasteiger partial charge in [-0.3, -0.25) is 14.4 Å². The first-order valence-corrected chi connectivity index (χ1v) is 8.42. The highest BCUT2D eigenvalue weighted by molar-refractivity contribution is 5.86. The Labute approximate surface area is 141 Å². The highest BCUT2D eigenvalue weighted by Crippen LogP contribution is 2.28. The summed E-state index contributed by atoms with van der Waals surface area (Å²) >= 11 is 0. The number of carboxylic acid groups (broad SMARTS) is 1. The lowest BCUT2D eigenvalue weighted by Gasteiger charge is -2.34. The second kappa shape index (κ2) is 7.03. The van der Waals surface area contributed by atoms with Crippen LogP contribution in [0.15, 0.2) is 24.3 Å². The maximum absolute atomic E-state index is 12.6. The molecule has 2 heterocycles. The van der Waals surface area contributed by atoms with E-state index in [2.05, 4.69) is 0 Å². The van der Waals surface area contributed by atoms with Crippen molar-refractivity contribution < 1.29 is 19.5 Å². The molecule has 6 nitrogen and oxygen atoms in total. The number of rotatable bonds is 3. The van der Waals surface area contributed by atoms with Gasteiger partial charge in [-0.25, -0.2) is 0 Å². The fraction of sp³-hybridized carbons (Fsp3) is 0.500. The van der Waals surface area contributed by atoms with E-state index in [1.165, 1.54) is 0 Å². The lowest BCUT2D eigenvalue weighted by molar-refractivity contribution is -0.144. The van der Waals surface area contributed by atoms with Gasteiger partial charge in [0.25, 0.3) is 0 Å². The van der Waals surface area contributed by atoms with Crippen molar-refractivity contribution >= 4 is 17.8 Å². The number of hydrogen-bond donors (Lipinski definition) is 1. The Morgan fingerprint density at radius 3 is 2.75 bits per heavy atom. The molecule has 1 fully saturated rings. The molecule has 128 valence electrons. The molecule has 0 saturated carbocycles. The van der Waals surface area contributed by atoms with E-state index < -0.39 is 11.9 Å². The fourth-order valence-electron chi connectivity index (χ4n) is 3.48. The van der Waals surface area contributed by atoms with Crippen molar-refractivity contribution in [2.75, 3.05) is 19.6 Å². The minimum absolute atomic E-state index is 0.0213. The lowest BCUT2D eigenvalue weighted by atomic mass is 9.90. The van der Waals surface area contributed by atoms with E-state index in [0.717, 1.165) is 30.4 Å². The van der Waals surface area contributed by atoms with Gasteiger partial charge in [-0.2, -0.15) is 0 Å². The molecule has 0 radical (unpaired) electrons. The van der Waals surface area contributed by atoms with E-state index in [0.29, 0.717) is 19.5 Å². The van der Waals surface area contributed by atoms with Crippen LogP contribution in [0, 0.1) is 0 Å². The Bertz CT molecular complexity index is 658. The average Bonchev–Trinajstić information content (AvgIpc) is 2.78. The maximum atomic E-state index is 12.6. The number of benzene rings is 1. The van der Waals surface area contributed by atoms with Crippen LogP contribution in [-0.4, -0.2) is 52.3 Å². The summed E-state index contributed by atoms with van der Waals surface area (Å²) in [6.45, 7) is 1.22. The van der Waals surface area contributed by atoms with Crippen molar-refractivity contribution in [1.82, 2.24) is 9.80 Å². The molecule has 1 saturated heterocycles. The van der Waals surface area contributed by atoms with Gasteiger partial charge in [0.05, 0.1) is 12.5 Å². The molecule has 1 aromatic rings. The summed E-state index contributed by atoms with van der Waals surface area (Å²) in [4.78, 5) is 39.5. The van der Waals surface area contributed by atoms with E-state index in [9.17, 15) is 19.5 Å². The van der Waals surface area contributed by atoms with Gasteiger partial charge in [0.1, 0.15) is 0 Å². The third-order valence-corrected chi connectivity index (χ3v) is 4.84. The number of carbonyl (C=O) groups excluding carboxylic acids is 2. The van der Waals surface area contributed by atoms with E-state index in [4.69, 9.17) is 0 Å². The largest absolute Gasteiger partial charge is 0.481 e. The van der Waals surface area contributed by atoms with Crippen molar-refractivity contribution in [3.05, 3.63) is 35.4 Å². The third-order valence-electron chi connectivity index (χ3n) is 4.84. The van der Waals surface area contributed by atoms with Gasteiger partial charge >= 0.3 is 5.97 Å². The average molecular weight is 330 g/mol. The molecule has 3 rings (SSSR count). The zero-order valence-corrected chi connectivity index (χ0v) is 13.6. The molecular weight excluding hydrogens is 308 g/mol. The van der Waals surface area contributed by atoms with E-state index >= 15 is 0 Å². The highest BCUT2D eigenvalue weighted by atomic mass is 16.4. The van der Waals surface area contributed by atoms with Crippen LogP contribution in [0.4, 0.5) is 0 Å². The van der Waals surface area contributed by atoms with Gasteiger partial charge in [0, 0.05) is 26.1 Å². The first-order valence-electron chi connectivity index (χ1n) is 8.42. The van der Waals surface area contributed by atoms with Crippen molar-refractivity contribution in [2.45, 2.75) is 38.1 Å². The Kier molecular flexibility index (Phi) is 4.83. The summed E-state index contributed by atoms with van der Waals surface area (Å²) in [5.41, 5.74) is 1.64. The summed E-state index contributed by atoms with van der Waals surface area (Å²) < 4.78 is 0. The highest BCUT2D eigenvalue weighted by Gasteiger charge is 2.33. The molecule has 0 aliphatic carbocycles. The van der Waals surface area contributed by atoms with Gasteiger partial charge in [-0.15, -0.1) is 0 Å². The minimum atomic E-state index is -0.925. The predicted octanol–water partition coefficient (Wildman–Crippen LogP) is 1.60. The second-order valence-corrected chi connectivity index (χ2v) is 6.49. The molecule has 1 aromatic carbocycles. The zero-order valence-electron chi connectivity index (χ0n) is 13.6. The van der Waals surface area contributed by atoms with Crippen molar-refractivity contribution in [2.24, 2.45) is 0 Å². The molecule has 2 amide bonds. The van der Waals surface area contributed by atoms with Crippen LogP contribution < -0.4 is 0 Å². The number of hydrogen-bond acceptors (Lipinski definition) is 3. The fourth-order valence-corrected chi connectivity index (χ4v) is 3.48. The quantitative estimate of drug-likeness (QED) is 0.913. The minimum Gasteiger partial charge on any atom is -0.481 e. The number of amides is 2. The molecule has 1 atom stereocenters. The van der Waals surface area contributed by atoms with Crippen LogP contribution in [0.5, 0.6) is 0 Å². The monoisotopic (exact) mass is 330 g/mol. The lowest BCUT2D eigenvalue weighted by Crippen LogP contribution is -2.46. The second-order valence-electron chi connectivity index (χ2n) is 6.49. The molecule has 2 aliphatic heterocycles. The Balaban J connectivity index is 1.74. The van der Waals surface area contributed by atoms with Crippen LogP contribution in [0.25, 0.3) is 0 Å². The molecule has 24 heavy (non-hydrogen) atoms. The standard InChI is InChI=1S/C18H22N2O4/c21-16-8-2-1-5-9-19(16)12-17(22)20-10-13-6-3-4-7-14(13)15(11-20)18(23)24/h3-4,6-7,15H,1-2,5,8-12H2,(H,23,24). The van der Waals surface area contributed by atoms with Gasteiger partial charge < -0.3 is 14.9 Å². The number of aliphatic carboxylic acids is 1. The number of carboxylic acids is 1. The number of likely N-dealkylation sites (tertiary alicyclic amines) is 1. The Morgan fingerprint density at radius 1 is 1.17 bits per heavy atom. The van der Waals surface area contributed by atoms with Gasteiger partial charge in [0.2, 0.25) is 11.8 Å². The van der Waals surface area contributed by atoms with E-state index in [1.807, 2.05) is 24.3 Å². The molecule has 0 aromatic heterocycles. The first kappa shape index (κ1) is 16.5. The summed E-state index contributed by atoms with van der Waals surface area (Å²) in [5, 5.41) is 9.48. The molecular formula is C18H22N2O4. The van der Waals surface area contributed by atoms with E-state index in [1.54, 1.807) is 9.80 Å². The van der Waals surface area contributed by atoms with Gasteiger partial charge in [0.15, 0.2) is 0 Å². The van der Waals surface area contributed by atoms with E-state index in [-0.39, 0.29) is 24.9 Å². The Hall–Kier alpha value is -2.37. The third kappa shape index (κ3) is 3.42. The van der Waals surface area contributed by atoms with Crippen LogP contribution in [0.1, 0.15) is 42.7 Å². The Morgan fingerprint density at radius 2 is 1.96 bits per heavy atom. The molecule has 6 heteroatoms. The number of fused-ring (bicyclic) bond motifs is 1. The summed E-state index contributed by atoms with van der Waals surface area (Å²) in [6, 6.07) is 7.35. The maximum Gasteiger partial charge on any atom is 0.312 e. The van der Waals surface area contributed by atoms with Crippen LogP contribution in [0.3, 0.4) is 0 Å². The summed E-state index contributed by atoms with van der Waals surface area (Å²) in [5.74, 6) is -1.79. The zero-order chi connectivity index (χ0) is 17.1. The number of carbonyl (C=O) groups is 3. The molecule has 1 N–H and O–H groups in total. The van der Waals surface area contributed by atoms with Crippen LogP contribution in [0.2, 0.25) is 0 Å².